The summed E-state index contributed by atoms with van der Waals surface area (Å²) in [7, 11) is 0. The first-order valence-electron chi connectivity index (χ1n) is 8.01. The van der Waals surface area contributed by atoms with Gasteiger partial charge in [-0.25, -0.2) is 0 Å². The van der Waals surface area contributed by atoms with Crippen molar-refractivity contribution >= 4 is 17.5 Å². The van der Waals surface area contributed by atoms with Crippen LogP contribution in [0.15, 0.2) is 22.7 Å². The van der Waals surface area contributed by atoms with Crippen LogP contribution in [0.5, 0.6) is 0 Å². The van der Waals surface area contributed by atoms with E-state index in [-0.39, 0.29) is 18.4 Å². The molecule has 1 aliphatic rings. The van der Waals surface area contributed by atoms with Gasteiger partial charge in [0.25, 0.3) is 5.89 Å². The van der Waals surface area contributed by atoms with Gasteiger partial charge in [-0.05, 0) is 37.5 Å². The van der Waals surface area contributed by atoms with Crippen molar-refractivity contribution in [2.45, 2.75) is 51.5 Å². The molecule has 6 heteroatoms. The van der Waals surface area contributed by atoms with Crippen LogP contribution in [0.2, 0.25) is 5.02 Å². The van der Waals surface area contributed by atoms with E-state index >= 15 is 0 Å². The van der Waals surface area contributed by atoms with Gasteiger partial charge in [0.2, 0.25) is 5.91 Å². The molecule has 0 saturated heterocycles. The van der Waals surface area contributed by atoms with Crippen LogP contribution in [0.3, 0.4) is 0 Å². The number of amides is 1. The Morgan fingerprint density at radius 1 is 1.35 bits per heavy atom. The quantitative estimate of drug-likeness (QED) is 0.926. The SMILES string of the molecule is Cc1c(Cl)cccc1-c1nc(CC(=O)NC2CCCCC2)no1. The van der Waals surface area contributed by atoms with Gasteiger partial charge in [-0.2, -0.15) is 4.98 Å². The summed E-state index contributed by atoms with van der Waals surface area (Å²) in [5, 5.41) is 7.61. The van der Waals surface area contributed by atoms with Gasteiger partial charge in [0.15, 0.2) is 5.82 Å². The Bertz CT molecular complexity index is 693. The third-order valence-corrected chi connectivity index (χ3v) is 4.66. The van der Waals surface area contributed by atoms with Crippen molar-refractivity contribution in [3.63, 3.8) is 0 Å². The average Bonchev–Trinajstić information content (AvgIpc) is 2.99. The number of aromatic nitrogens is 2. The van der Waals surface area contributed by atoms with E-state index in [2.05, 4.69) is 15.5 Å². The van der Waals surface area contributed by atoms with Gasteiger partial charge in [-0.3, -0.25) is 4.79 Å². The molecule has 0 atom stereocenters. The number of nitrogens with zero attached hydrogens (tertiary/aromatic N) is 2. The Kier molecular flexibility index (Phi) is 4.96. The van der Waals surface area contributed by atoms with Crippen molar-refractivity contribution in [2.24, 2.45) is 0 Å². The Hall–Kier alpha value is -1.88. The van der Waals surface area contributed by atoms with Crippen molar-refractivity contribution in [1.29, 1.82) is 0 Å². The molecular formula is C17H20ClN3O2. The molecule has 0 bridgehead atoms. The Morgan fingerprint density at radius 3 is 2.91 bits per heavy atom. The number of hydrogen-bond donors (Lipinski definition) is 1. The molecule has 1 aliphatic carbocycles. The minimum atomic E-state index is -0.0490. The zero-order valence-corrected chi connectivity index (χ0v) is 13.9. The number of benzene rings is 1. The summed E-state index contributed by atoms with van der Waals surface area (Å²) in [5.74, 6) is 0.741. The maximum atomic E-state index is 12.1. The summed E-state index contributed by atoms with van der Waals surface area (Å²) in [4.78, 5) is 16.4. The number of hydrogen-bond acceptors (Lipinski definition) is 4. The number of nitrogens with one attached hydrogen (secondary N) is 1. The van der Waals surface area contributed by atoms with Crippen LogP contribution >= 0.6 is 11.6 Å². The van der Waals surface area contributed by atoms with Gasteiger partial charge < -0.3 is 9.84 Å². The molecule has 2 aromatic rings. The maximum absolute atomic E-state index is 12.1. The molecule has 23 heavy (non-hydrogen) atoms. The summed E-state index contributed by atoms with van der Waals surface area (Å²) < 4.78 is 5.28. The van der Waals surface area contributed by atoms with Gasteiger partial charge in [0, 0.05) is 16.6 Å². The zero-order valence-electron chi connectivity index (χ0n) is 13.1. The molecule has 1 fully saturated rings. The number of halogens is 1. The lowest BCUT2D eigenvalue weighted by atomic mass is 9.95. The molecule has 1 aromatic heterocycles. The van der Waals surface area contributed by atoms with E-state index in [1.807, 2.05) is 25.1 Å². The minimum Gasteiger partial charge on any atom is -0.353 e. The summed E-state index contributed by atoms with van der Waals surface area (Å²) >= 11 is 6.11. The van der Waals surface area contributed by atoms with E-state index in [0.29, 0.717) is 16.7 Å². The van der Waals surface area contributed by atoms with E-state index in [1.165, 1.54) is 19.3 Å². The second-order valence-corrected chi connectivity index (χ2v) is 6.41. The van der Waals surface area contributed by atoms with E-state index in [0.717, 1.165) is 24.0 Å². The second kappa shape index (κ2) is 7.13. The van der Waals surface area contributed by atoms with Crippen molar-refractivity contribution in [3.8, 4) is 11.5 Å². The summed E-state index contributed by atoms with van der Waals surface area (Å²) in [6, 6.07) is 5.82. The number of carbonyl (C=O) groups excluding carboxylic acids is 1. The first-order valence-corrected chi connectivity index (χ1v) is 8.38. The van der Waals surface area contributed by atoms with E-state index in [9.17, 15) is 4.79 Å². The van der Waals surface area contributed by atoms with Crippen molar-refractivity contribution in [1.82, 2.24) is 15.5 Å². The molecule has 1 aromatic carbocycles. The Balaban J connectivity index is 1.65. The van der Waals surface area contributed by atoms with Gasteiger partial charge in [-0.15, -0.1) is 0 Å². The third kappa shape index (κ3) is 3.91. The standard InChI is InChI=1S/C17H20ClN3O2/c1-11-13(8-5-9-14(11)18)17-20-15(21-23-17)10-16(22)19-12-6-3-2-4-7-12/h5,8-9,12H,2-4,6-7,10H2,1H3,(H,19,22). The topological polar surface area (TPSA) is 68.0 Å². The van der Waals surface area contributed by atoms with Gasteiger partial charge >= 0.3 is 0 Å². The highest BCUT2D eigenvalue weighted by Crippen LogP contribution is 2.27. The fourth-order valence-corrected chi connectivity index (χ4v) is 3.12. The fourth-order valence-electron chi connectivity index (χ4n) is 2.94. The molecule has 0 spiro atoms. The third-order valence-electron chi connectivity index (χ3n) is 4.26. The molecule has 0 aliphatic heterocycles. The van der Waals surface area contributed by atoms with Crippen LogP contribution in [0.1, 0.15) is 43.5 Å². The van der Waals surface area contributed by atoms with Crippen molar-refractivity contribution < 1.29 is 9.32 Å². The van der Waals surface area contributed by atoms with Gasteiger partial charge in [0.1, 0.15) is 0 Å². The largest absolute Gasteiger partial charge is 0.353 e. The van der Waals surface area contributed by atoms with Crippen LogP contribution in [-0.4, -0.2) is 22.1 Å². The molecule has 0 radical (unpaired) electrons. The average molecular weight is 334 g/mol. The summed E-state index contributed by atoms with van der Waals surface area (Å²) in [5.41, 5.74) is 1.68. The van der Waals surface area contributed by atoms with Gasteiger partial charge in [-0.1, -0.05) is 42.1 Å². The monoisotopic (exact) mass is 333 g/mol. The minimum absolute atomic E-state index is 0.0490. The van der Waals surface area contributed by atoms with Crippen LogP contribution < -0.4 is 5.32 Å². The lowest BCUT2D eigenvalue weighted by molar-refractivity contribution is -0.121. The highest BCUT2D eigenvalue weighted by atomic mass is 35.5. The van der Waals surface area contributed by atoms with Crippen molar-refractivity contribution in [2.75, 3.05) is 0 Å². The van der Waals surface area contributed by atoms with E-state index in [4.69, 9.17) is 16.1 Å². The second-order valence-electron chi connectivity index (χ2n) is 6.01. The fraction of sp³-hybridized carbons (Fsp3) is 0.471. The van der Waals surface area contributed by atoms with Crippen molar-refractivity contribution in [3.05, 3.63) is 34.6 Å². The molecule has 122 valence electrons. The molecule has 3 rings (SSSR count). The van der Waals surface area contributed by atoms with Crippen LogP contribution in [0.25, 0.3) is 11.5 Å². The lowest BCUT2D eigenvalue weighted by Crippen LogP contribution is -2.37. The molecule has 1 amide bonds. The Labute approximate surface area is 140 Å². The molecular weight excluding hydrogens is 314 g/mol. The lowest BCUT2D eigenvalue weighted by Gasteiger charge is -2.22. The predicted molar refractivity (Wildman–Crippen MR) is 88.2 cm³/mol. The van der Waals surface area contributed by atoms with Crippen LogP contribution in [0, 0.1) is 6.92 Å². The maximum Gasteiger partial charge on any atom is 0.258 e. The molecule has 0 unspecified atom stereocenters. The zero-order chi connectivity index (χ0) is 16.2. The number of rotatable bonds is 4. The van der Waals surface area contributed by atoms with Crippen LogP contribution in [-0.2, 0) is 11.2 Å². The van der Waals surface area contributed by atoms with Gasteiger partial charge in [0.05, 0.1) is 6.42 Å². The normalized spacial score (nSPS) is 15.6. The van der Waals surface area contributed by atoms with E-state index in [1.54, 1.807) is 0 Å². The van der Waals surface area contributed by atoms with Crippen LogP contribution in [0.4, 0.5) is 0 Å². The Morgan fingerprint density at radius 2 is 2.13 bits per heavy atom. The summed E-state index contributed by atoms with van der Waals surface area (Å²) in [6.45, 7) is 1.90. The highest BCUT2D eigenvalue weighted by molar-refractivity contribution is 6.31. The predicted octanol–water partition coefficient (Wildman–Crippen LogP) is 3.69. The molecule has 1 heterocycles. The first kappa shape index (κ1) is 16.0. The van der Waals surface area contributed by atoms with E-state index < -0.39 is 0 Å². The molecule has 1 N–H and O–H groups in total. The highest BCUT2D eigenvalue weighted by Gasteiger charge is 2.18. The number of carbonyl (C=O) groups is 1. The molecule has 5 nitrogen and oxygen atoms in total. The summed E-state index contributed by atoms with van der Waals surface area (Å²) in [6.07, 6.45) is 5.89. The first-order chi connectivity index (χ1) is 11.1. The molecule has 1 saturated carbocycles. The smallest absolute Gasteiger partial charge is 0.258 e.